The Balaban J connectivity index is 1.46. The van der Waals surface area contributed by atoms with Gasteiger partial charge in [0.2, 0.25) is 15.9 Å². The number of halogens is 1. The molecular formula is C22H23ClN4O3S. The Labute approximate surface area is 186 Å². The van der Waals surface area contributed by atoms with Gasteiger partial charge in [-0.3, -0.25) is 9.20 Å². The summed E-state index contributed by atoms with van der Waals surface area (Å²) in [7, 11) is -3.58. The molecule has 1 aliphatic rings. The van der Waals surface area contributed by atoms with Crippen molar-refractivity contribution in [3.63, 3.8) is 0 Å². The minimum atomic E-state index is -3.58. The first-order valence-electron chi connectivity index (χ1n) is 10.0. The van der Waals surface area contributed by atoms with Gasteiger partial charge in [0.25, 0.3) is 0 Å². The van der Waals surface area contributed by atoms with Crippen LogP contribution in [0.5, 0.6) is 0 Å². The lowest BCUT2D eigenvalue weighted by atomic mass is 10.2. The quantitative estimate of drug-likeness (QED) is 0.562. The van der Waals surface area contributed by atoms with Gasteiger partial charge >= 0.3 is 0 Å². The van der Waals surface area contributed by atoms with Crippen LogP contribution in [0.3, 0.4) is 0 Å². The predicted octanol–water partition coefficient (Wildman–Crippen LogP) is 3.23. The van der Waals surface area contributed by atoms with Crippen molar-refractivity contribution in [2.24, 2.45) is 0 Å². The average Bonchev–Trinajstić information content (AvgIpc) is 2.91. The molecule has 1 aromatic carbocycles. The van der Waals surface area contributed by atoms with Crippen LogP contribution < -0.4 is 0 Å². The number of benzene rings is 1. The van der Waals surface area contributed by atoms with E-state index in [1.807, 2.05) is 35.7 Å². The third-order valence-corrected chi connectivity index (χ3v) is 7.52. The van der Waals surface area contributed by atoms with E-state index in [9.17, 15) is 13.2 Å². The van der Waals surface area contributed by atoms with E-state index in [4.69, 9.17) is 11.6 Å². The highest BCUT2D eigenvalue weighted by Gasteiger charge is 2.27. The number of rotatable bonds is 4. The fraction of sp³-hybridized carbons (Fsp3) is 0.273. The number of amides is 1. The highest BCUT2D eigenvalue weighted by atomic mass is 35.5. The van der Waals surface area contributed by atoms with Crippen LogP contribution in [0.15, 0.2) is 59.6 Å². The third-order valence-electron chi connectivity index (χ3n) is 5.33. The zero-order valence-electron chi connectivity index (χ0n) is 17.1. The molecule has 9 heteroatoms. The van der Waals surface area contributed by atoms with Gasteiger partial charge in [0, 0.05) is 38.5 Å². The molecule has 3 aromatic rings. The van der Waals surface area contributed by atoms with Crippen LogP contribution in [0, 0.1) is 6.92 Å². The molecule has 7 nitrogen and oxygen atoms in total. The van der Waals surface area contributed by atoms with Crippen molar-refractivity contribution in [2.45, 2.75) is 18.2 Å². The normalized spacial score (nSPS) is 16.1. The van der Waals surface area contributed by atoms with Crippen molar-refractivity contribution < 1.29 is 13.2 Å². The van der Waals surface area contributed by atoms with E-state index in [2.05, 4.69) is 4.98 Å². The molecule has 162 valence electrons. The number of imidazole rings is 1. The molecule has 0 atom stereocenters. The van der Waals surface area contributed by atoms with Gasteiger partial charge in [-0.1, -0.05) is 35.4 Å². The number of pyridine rings is 1. The highest BCUT2D eigenvalue weighted by molar-refractivity contribution is 7.89. The number of aryl methyl sites for hydroxylation is 1. The van der Waals surface area contributed by atoms with E-state index in [-0.39, 0.29) is 17.3 Å². The van der Waals surface area contributed by atoms with Crippen molar-refractivity contribution in [1.29, 1.82) is 0 Å². The van der Waals surface area contributed by atoms with Crippen LogP contribution in [0.4, 0.5) is 0 Å². The van der Waals surface area contributed by atoms with E-state index in [1.54, 1.807) is 35.2 Å². The molecule has 31 heavy (non-hydrogen) atoms. The molecule has 0 aliphatic carbocycles. The summed E-state index contributed by atoms with van der Waals surface area (Å²) in [4.78, 5) is 19.0. The molecule has 1 amide bonds. The number of hydrogen-bond donors (Lipinski definition) is 0. The van der Waals surface area contributed by atoms with Gasteiger partial charge in [0.15, 0.2) is 5.15 Å². The summed E-state index contributed by atoms with van der Waals surface area (Å²) < 4.78 is 29.2. The summed E-state index contributed by atoms with van der Waals surface area (Å²) in [6, 6.07) is 12.4. The number of nitrogens with zero attached hydrogens (tertiary/aromatic N) is 4. The second kappa shape index (κ2) is 8.82. The molecule has 0 spiro atoms. The number of carbonyl (C=O) groups is 1. The molecule has 1 fully saturated rings. The molecule has 2 aromatic heterocycles. The first-order valence-corrected chi connectivity index (χ1v) is 11.8. The fourth-order valence-electron chi connectivity index (χ4n) is 3.60. The summed E-state index contributed by atoms with van der Waals surface area (Å²) in [6.45, 7) is 3.37. The van der Waals surface area contributed by atoms with Gasteiger partial charge in [-0.25, -0.2) is 13.4 Å². The Morgan fingerprint density at radius 3 is 2.61 bits per heavy atom. The van der Waals surface area contributed by atoms with Gasteiger partial charge in [-0.05, 0) is 43.7 Å². The predicted molar refractivity (Wildman–Crippen MR) is 120 cm³/mol. The molecular weight excluding hydrogens is 436 g/mol. The molecule has 3 heterocycles. The minimum absolute atomic E-state index is 0.184. The Kier molecular flexibility index (Phi) is 6.13. The second-order valence-electron chi connectivity index (χ2n) is 7.45. The fourth-order valence-corrected chi connectivity index (χ4v) is 5.31. The minimum Gasteiger partial charge on any atom is -0.338 e. The maximum absolute atomic E-state index is 13.0. The lowest BCUT2D eigenvalue weighted by Gasteiger charge is -2.21. The van der Waals surface area contributed by atoms with Gasteiger partial charge < -0.3 is 4.90 Å². The Bertz CT molecular complexity index is 1240. The molecule has 0 bridgehead atoms. The molecule has 0 radical (unpaired) electrons. The number of sulfonamides is 1. The van der Waals surface area contributed by atoms with E-state index in [0.717, 1.165) is 5.56 Å². The van der Waals surface area contributed by atoms with Crippen molar-refractivity contribution >= 4 is 39.3 Å². The molecule has 0 saturated carbocycles. The standard InChI is InChI=1S/C22H23ClN4O3S/c1-17-6-8-18(9-7-17)31(29,30)26-13-4-12-25(15-16-26)21(28)11-10-19-22(23)24-20-5-2-3-14-27(19)20/h2-3,5-11,14H,4,12-13,15-16H2,1H3. The number of hydrogen-bond acceptors (Lipinski definition) is 4. The van der Waals surface area contributed by atoms with E-state index < -0.39 is 10.0 Å². The first kappa shape index (κ1) is 21.5. The average molecular weight is 459 g/mol. The van der Waals surface area contributed by atoms with Crippen LogP contribution >= 0.6 is 11.6 Å². The summed E-state index contributed by atoms with van der Waals surface area (Å²) in [5, 5.41) is 0.321. The zero-order chi connectivity index (χ0) is 22.0. The van der Waals surface area contributed by atoms with Crippen molar-refractivity contribution in [3.05, 3.63) is 71.1 Å². The van der Waals surface area contributed by atoms with Gasteiger partial charge in [0.05, 0.1) is 10.6 Å². The van der Waals surface area contributed by atoms with Crippen molar-refractivity contribution in [2.75, 3.05) is 26.2 Å². The lowest BCUT2D eigenvalue weighted by molar-refractivity contribution is -0.125. The summed E-state index contributed by atoms with van der Waals surface area (Å²) in [6.07, 6.45) is 5.52. The summed E-state index contributed by atoms with van der Waals surface area (Å²) >= 11 is 6.22. The topological polar surface area (TPSA) is 75.0 Å². The van der Waals surface area contributed by atoms with Gasteiger partial charge in [-0.2, -0.15) is 4.31 Å². The van der Waals surface area contributed by atoms with Crippen molar-refractivity contribution in [3.8, 4) is 0 Å². The largest absolute Gasteiger partial charge is 0.338 e. The van der Waals surface area contributed by atoms with Crippen LogP contribution in [-0.2, 0) is 14.8 Å². The van der Waals surface area contributed by atoms with Crippen LogP contribution in [0.1, 0.15) is 17.7 Å². The smallest absolute Gasteiger partial charge is 0.246 e. The Morgan fingerprint density at radius 2 is 1.84 bits per heavy atom. The van der Waals surface area contributed by atoms with E-state index >= 15 is 0 Å². The third kappa shape index (κ3) is 4.51. The monoisotopic (exact) mass is 458 g/mol. The molecule has 1 aliphatic heterocycles. The van der Waals surface area contributed by atoms with Gasteiger partial charge in [-0.15, -0.1) is 0 Å². The summed E-state index contributed by atoms with van der Waals surface area (Å²) in [5.41, 5.74) is 2.33. The molecule has 0 N–H and O–H groups in total. The van der Waals surface area contributed by atoms with Crippen LogP contribution in [-0.4, -0.2) is 59.1 Å². The SMILES string of the molecule is Cc1ccc(S(=O)(=O)N2CCCN(C(=O)C=Cc3c(Cl)nc4ccccn34)CC2)cc1. The summed E-state index contributed by atoms with van der Waals surface area (Å²) in [5.74, 6) is -0.184. The Hall–Kier alpha value is -2.68. The maximum Gasteiger partial charge on any atom is 0.246 e. The van der Waals surface area contributed by atoms with Crippen LogP contribution in [0.25, 0.3) is 11.7 Å². The number of aromatic nitrogens is 2. The second-order valence-corrected chi connectivity index (χ2v) is 9.74. The molecule has 4 rings (SSSR count). The van der Waals surface area contributed by atoms with Crippen LogP contribution in [0.2, 0.25) is 5.15 Å². The number of carbonyl (C=O) groups excluding carboxylic acids is 1. The van der Waals surface area contributed by atoms with Gasteiger partial charge in [0.1, 0.15) is 5.65 Å². The maximum atomic E-state index is 13.0. The lowest BCUT2D eigenvalue weighted by Crippen LogP contribution is -2.36. The zero-order valence-corrected chi connectivity index (χ0v) is 18.7. The molecule has 1 saturated heterocycles. The highest BCUT2D eigenvalue weighted by Crippen LogP contribution is 2.20. The van der Waals surface area contributed by atoms with E-state index in [0.29, 0.717) is 42.5 Å². The number of fused-ring (bicyclic) bond motifs is 1. The Morgan fingerprint density at radius 1 is 1.06 bits per heavy atom. The van der Waals surface area contributed by atoms with E-state index in [1.165, 1.54) is 10.4 Å². The molecule has 0 unspecified atom stereocenters. The first-order chi connectivity index (χ1) is 14.9. The van der Waals surface area contributed by atoms with Crippen molar-refractivity contribution in [1.82, 2.24) is 18.6 Å².